The van der Waals surface area contributed by atoms with Crippen molar-refractivity contribution in [2.24, 2.45) is 0 Å². The minimum atomic E-state index is 0.782. The first kappa shape index (κ1) is 10.0. The molecule has 0 fully saturated rings. The van der Waals surface area contributed by atoms with E-state index in [4.69, 9.17) is 11.6 Å². The van der Waals surface area contributed by atoms with Crippen LogP contribution in [0.5, 0.6) is 0 Å². The van der Waals surface area contributed by atoms with Gasteiger partial charge in [0, 0.05) is 5.02 Å². The van der Waals surface area contributed by atoms with Crippen molar-refractivity contribution in [2.75, 3.05) is 0 Å². The lowest BCUT2D eigenvalue weighted by Gasteiger charge is -1.96. The van der Waals surface area contributed by atoms with Gasteiger partial charge in [-0.1, -0.05) is 72.3 Å². The fraction of sp³-hybridized carbons (Fsp3) is 0. The summed E-state index contributed by atoms with van der Waals surface area (Å²) in [5.41, 5.74) is 2.22. The van der Waals surface area contributed by atoms with Crippen LogP contribution in [0.25, 0.3) is 12.2 Å². The van der Waals surface area contributed by atoms with E-state index < -0.39 is 0 Å². The minimum Gasteiger partial charge on any atom is -0.0837 e. The molecule has 15 heavy (non-hydrogen) atoms. The maximum absolute atomic E-state index is 6.04. The van der Waals surface area contributed by atoms with Crippen molar-refractivity contribution >= 4 is 23.8 Å². The molecule has 0 saturated carbocycles. The second-order valence-electron chi connectivity index (χ2n) is 3.27. The van der Waals surface area contributed by atoms with Crippen LogP contribution in [-0.4, -0.2) is 0 Å². The van der Waals surface area contributed by atoms with Crippen LogP contribution in [0.4, 0.5) is 0 Å². The molecule has 0 atom stereocenters. The Kier molecular flexibility index (Phi) is 3.21. The Morgan fingerprint density at radius 1 is 0.733 bits per heavy atom. The smallest absolute Gasteiger partial charge is 0.0478 e. The second-order valence-corrected chi connectivity index (χ2v) is 3.67. The Labute approximate surface area is 94.8 Å². The van der Waals surface area contributed by atoms with Gasteiger partial charge in [-0.05, 0) is 17.2 Å². The van der Waals surface area contributed by atoms with Gasteiger partial charge in [-0.15, -0.1) is 0 Å². The molecule has 2 rings (SSSR count). The van der Waals surface area contributed by atoms with Crippen LogP contribution in [0, 0.1) is 0 Å². The number of hydrogen-bond acceptors (Lipinski definition) is 0. The molecule has 0 aliphatic rings. The monoisotopic (exact) mass is 214 g/mol. The Morgan fingerprint density at radius 2 is 1.40 bits per heavy atom. The third-order valence-corrected chi connectivity index (χ3v) is 2.50. The lowest BCUT2D eigenvalue weighted by Crippen LogP contribution is -1.73. The second kappa shape index (κ2) is 4.81. The van der Waals surface area contributed by atoms with E-state index in [1.807, 2.05) is 48.5 Å². The van der Waals surface area contributed by atoms with Gasteiger partial charge < -0.3 is 0 Å². The van der Waals surface area contributed by atoms with E-state index in [0.29, 0.717) is 0 Å². The molecule has 0 aliphatic carbocycles. The first-order chi connectivity index (χ1) is 7.36. The lowest BCUT2D eigenvalue weighted by atomic mass is 10.1. The molecule has 0 N–H and O–H groups in total. The van der Waals surface area contributed by atoms with E-state index in [1.54, 1.807) is 0 Å². The van der Waals surface area contributed by atoms with Crippen molar-refractivity contribution in [1.82, 2.24) is 0 Å². The molecule has 0 bridgehead atoms. The van der Waals surface area contributed by atoms with Gasteiger partial charge in [0.15, 0.2) is 0 Å². The number of rotatable bonds is 2. The van der Waals surface area contributed by atoms with E-state index >= 15 is 0 Å². The number of benzene rings is 2. The topological polar surface area (TPSA) is 0 Å². The molecule has 0 unspecified atom stereocenters. The quantitative estimate of drug-likeness (QED) is 0.646. The van der Waals surface area contributed by atoms with Crippen molar-refractivity contribution in [2.45, 2.75) is 0 Å². The van der Waals surface area contributed by atoms with E-state index in [-0.39, 0.29) is 0 Å². The standard InChI is InChI=1S/C14H11Cl/c15-14-9-5-4-8-13(14)11-10-12-6-2-1-3-7-12/h1-11H/b11-10-. The average molecular weight is 215 g/mol. The summed E-state index contributed by atoms with van der Waals surface area (Å²) in [6, 6.07) is 18.0. The van der Waals surface area contributed by atoms with Crippen LogP contribution in [0.3, 0.4) is 0 Å². The van der Waals surface area contributed by atoms with E-state index in [2.05, 4.69) is 18.2 Å². The molecular formula is C14H11Cl. The van der Waals surface area contributed by atoms with Gasteiger partial charge >= 0.3 is 0 Å². The molecule has 74 valence electrons. The fourth-order valence-corrected chi connectivity index (χ4v) is 1.56. The van der Waals surface area contributed by atoms with Gasteiger partial charge in [-0.25, -0.2) is 0 Å². The summed E-state index contributed by atoms with van der Waals surface area (Å²) in [6.45, 7) is 0. The van der Waals surface area contributed by atoms with Crippen LogP contribution < -0.4 is 0 Å². The van der Waals surface area contributed by atoms with Gasteiger partial charge in [0.2, 0.25) is 0 Å². The van der Waals surface area contributed by atoms with Crippen LogP contribution >= 0.6 is 11.6 Å². The molecule has 0 spiro atoms. The maximum atomic E-state index is 6.04. The average Bonchev–Trinajstić information content (AvgIpc) is 2.29. The summed E-state index contributed by atoms with van der Waals surface area (Å²) in [5.74, 6) is 0. The number of halogens is 1. The lowest BCUT2D eigenvalue weighted by molar-refractivity contribution is 1.64. The molecule has 0 saturated heterocycles. The van der Waals surface area contributed by atoms with Crippen LogP contribution in [0.2, 0.25) is 5.02 Å². The number of hydrogen-bond donors (Lipinski definition) is 0. The molecule has 0 aliphatic heterocycles. The van der Waals surface area contributed by atoms with Gasteiger partial charge in [0.1, 0.15) is 0 Å². The normalized spacial score (nSPS) is 10.7. The molecule has 0 heterocycles. The van der Waals surface area contributed by atoms with Crippen LogP contribution in [0.1, 0.15) is 11.1 Å². The van der Waals surface area contributed by atoms with E-state index in [9.17, 15) is 0 Å². The zero-order valence-corrected chi connectivity index (χ0v) is 8.98. The van der Waals surface area contributed by atoms with Crippen molar-refractivity contribution in [3.63, 3.8) is 0 Å². The van der Waals surface area contributed by atoms with Crippen LogP contribution in [-0.2, 0) is 0 Å². The Hall–Kier alpha value is -1.53. The summed E-state index contributed by atoms with van der Waals surface area (Å²) in [6.07, 6.45) is 4.08. The summed E-state index contributed by atoms with van der Waals surface area (Å²) < 4.78 is 0. The fourth-order valence-electron chi connectivity index (χ4n) is 1.36. The molecule has 0 aromatic heterocycles. The predicted octanol–water partition coefficient (Wildman–Crippen LogP) is 4.51. The Morgan fingerprint density at radius 3 is 2.13 bits per heavy atom. The van der Waals surface area contributed by atoms with Gasteiger partial charge in [0.25, 0.3) is 0 Å². The molecule has 1 heteroatoms. The molecule has 0 amide bonds. The summed E-state index contributed by atoms with van der Waals surface area (Å²) in [4.78, 5) is 0. The third kappa shape index (κ3) is 2.71. The highest BCUT2D eigenvalue weighted by Gasteiger charge is 1.92. The van der Waals surface area contributed by atoms with Crippen molar-refractivity contribution in [3.05, 3.63) is 70.7 Å². The molecule has 2 aromatic carbocycles. The Bertz CT molecular complexity index is 458. The predicted molar refractivity (Wildman–Crippen MR) is 66.8 cm³/mol. The van der Waals surface area contributed by atoms with Gasteiger partial charge in [-0.3, -0.25) is 0 Å². The van der Waals surface area contributed by atoms with Crippen molar-refractivity contribution in [3.8, 4) is 0 Å². The van der Waals surface area contributed by atoms with E-state index in [1.165, 1.54) is 5.56 Å². The molecule has 0 nitrogen and oxygen atoms in total. The highest BCUT2D eigenvalue weighted by Crippen LogP contribution is 2.17. The van der Waals surface area contributed by atoms with Crippen LogP contribution in [0.15, 0.2) is 54.6 Å². The first-order valence-corrected chi connectivity index (χ1v) is 5.22. The van der Waals surface area contributed by atoms with Crippen molar-refractivity contribution in [1.29, 1.82) is 0 Å². The highest BCUT2D eigenvalue weighted by molar-refractivity contribution is 6.32. The summed E-state index contributed by atoms with van der Waals surface area (Å²) in [7, 11) is 0. The summed E-state index contributed by atoms with van der Waals surface area (Å²) in [5, 5.41) is 0.782. The Balaban J connectivity index is 2.23. The van der Waals surface area contributed by atoms with Gasteiger partial charge in [0.05, 0.1) is 0 Å². The third-order valence-electron chi connectivity index (χ3n) is 2.16. The first-order valence-electron chi connectivity index (χ1n) is 4.84. The summed E-state index contributed by atoms with van der Waals surface area (Å²) >= 11 is 6.04. The van der Waals surface area contributed by atoms with Gasteiger partial charge in [-0.2, -0.15) is 0 Å². The van der Waals surface area contributed by atoms with E-state index in [0.717, 1.165) is 10.6 Å². The zero-order valence-electron chi connectivity index (χ0n) is 8.23. The minimum absolute atomic E-state index is 0.782. The SMILES string of the molecule is Clc1ccccc1/C=C\c1ccccc1. The largest absolute Gasteiger partial charge is 0.0837 e. The molecular weight excluding hydrogens is 204 g/mol. The highest BCUT2D eigenvalue weighted by atomic mass is 35.5. The maximum Gasteiger partial charge on any atom is 0.0478 e. The zero-order chi connectivity index (χ0) is 10.5. The van der Waals surface area contributed by atoms with Crippen molar-refractivity contribution < 1.29 is 0 Å². The molecule has 2 aromatic rings. The molecule has 0 radical (unpaired) electrons.